The van der Waals surface area contributed by atoms with Crippen molar-refractivity contribution in [1.82, 2.24) is 0 Å². The zero-order valence-electron chi connectivity index (χ0n) is 94.6. The fourth-order valence-electron chi connectivity index (χ4n) is 19.1. The molecule has 27 nitrogen and oxygen atoms in total. The molecule has 146 heavy (non-hydrogen) atoms. The summed E-state index contributed by atoms with van der Waals surface area (Å²) < 4.78 is 158. The normalized spacial score (nSPS) is 21.4. The van der Waals surface area contributed by atoms with Crippen LogP contribution in [0.2, 0.25) is 74.0 Å². The van der Waals surface area contributed by atoms with Crippen molar-refractivity contribution >= 4 is 78.7 Å². The van der Waals surface area contributed by atoms with E-state index in [1.165, 1.54) is 65.9 Å². The van der Waals surface area contributed by atoms with E-state index in [0.29, 0.717) is 23.2 Å². The van der Waals surface area contributed by atoms with E-state index in [1.54, 1.807) is 28.4 Å². The van der Waals surface area contributed by atoms with Gasteiger partial charge in [-0.05, 0) is 230 Å². The average Bonchev–Trinajstić information content (AvgIpc) is 1.75. The number of hydrogen-bond acceptors (Lipinski definition) is 27. The number of carbonyl (C=O) groups excluding carboxylic acids is 2. The average molecular weight is 2190 g/mol. The molecule has 3 saturated heterocycles. The van der Waals surface area contributed by atoms with Gasteiger partial charge in [0.25, 0.3) is 6.48 Å². The summed E-state index contributed by atoms with van der Waals surface area (Å²) in [7, 11) is -6.56. The van der Waals surface area contributed by atoms with Gasteiger partial charge < -0.3 is 116 Å². The molecule has 826 valence electrons. The summed E-state index contributed by atoms with van der Waals surface area (Å²) in [5.41, 5.74) is 5.41. The first-order valence-electron chi connectivity index (χ1n) is 52.2. The molecule has 0 radical (unpaired) electrons. The topological polar surface area (TPSA) is 276 Å². The van der Waals surface area contributed by atoms with Crippen LogP contribution in [-0.2, 0) is 112 Å². The monoisotopic (exact) mass is 2190 g/mol. The third kappa shape index (κ3) is 38.9. The Bertz CT molecular complexity index is 4460. The van der Waals surface area contributed by atoms with Crippen LogP contribution in [0.15, 0.2) is 158 Å². The molecule has 4 aliphatic rings. The van der Waals surface area contributed by atoms with Crippen LogP contribution in [0.5, 0.6) is 23.0 Å². The van der Waals surface area contributed by atoms with Crippen molar-refractivity contribution in [3.63, 3.8) is 0 Å². The second-order valence-corrected chi connectivity index (χ2v) is 69.9. The van der Waals surface area contributed by atoms with Gasteiger partial charge in [0.15, 0.2) is 25.0 Å². The zero-order valence-corrected chi connectivity index (χ0v) is 101. The van der Waals surface area contributed by atoms with Gasteiger partial charge in [-0.1, -0.05) is 237 Å². The summed E-state index contributed by atoms with van der Waals surface area (Å²) in [5, 5.41) is 3.57. The van der Waals surface area contributed by atoms with E-state index < -0.39 is 121 Å². The molecule has 3 aliphatic heterocycles. The maximum absolute atomic E-state index is 11.3. The highest BCUT2D eigenvalue weighted by atomic mass is 31.1. The van der Waals surface area contributed by atoms with Crippen LogP contribution >= 0.6 is 24.4 Å². The number of hydrogen-bond donors (Lipinski definition) is 1. The van der Waals surface area contributed by atoms with Gasteiger partial charge in [0.05, 0.1) is 85.9 Å². The fraction of sp³-hybridized carbons (Fsp3) is 0.658. The van der Waals surface area contributed by atoms with Crippen molar-refractivity contribution in [1.29, 1.82) is 1.43 Å². The Morgan fingerprint density at radius 3 is 1.05 bits per heavy atom. The lowest BCUT2D eigenvalue weighted by Crippen LogP contribution is -2.61. The SMILES string of the molecule is C.CC(=O)OCCOC(OCCOC(C)=O)O[C@@H]1[C@H](OP(C)C)[C@@H](CO[Si](OC2CCCCCCCCCCC2)(O[Si](C)(C)C)O[Si](C)(C)C)O[C@H]1C.COc1ccc(C(OC[C@H]2O[C@@H](C)[C@H](OCO[Si](C(C)C)(C(C)C)C(C)C)[C@@H]2OP(C)C)(c2ccccc2)c2ccc(OC)cc2)cc1.COc1ccc(C(OC[C@H]2O[C@@H](C)[C@H](O[Si](C)(C)C(C)(C)C)[C@@H]2OP(C)C)(c2ccccc2)c2ccc(OC)cc2)cc1.[3H]OC. The zero-order chi connectivity index (χ0) is 108. The van der Waals surface area contributed by atoms with Crippen molar-refractivity contribution in [3.8, 4) is 23.0 Å². The minimum Gasteiger partial charge on any atom is -0.497 e. The number of rotatable bonds is 50. The van der Waals surface area contributed by atoms with Gasteiger partial charge in [0.2, 0.25) is 9.75 Å². The van der Waals surface area contributed by atoms with Crippen LogP contribution in [0.1, 0.15) is 208 Å². The van der Waals surface area contributed by atoms with Gasteiger partial charge in [-0.25, -0.2) is 0 Å². The molecule has 0 aromatic heterocycles. The van der Waals surface area contributed by atoms with Gasteiger partial charge in [-0.15, -0.1) is 0 Å². The van der Waals surface area contributed by atoms with Crippen LogP contribution in [0, 0.1) is 0 Å². The van der Waals surface area contributed by atoms with Crippen molar-refractivity contribution in [2.24, 2.45) is 0 Å². The maximum Gasteiger partial charge on any atom is 0.658 e. The molecular weight excluding hydrogens is 2000 g/mol. The molecule has 0 unspecified atom stereocenters. The molecule has 1 N–H and O–H groups in total. The third-order valence-corrected chi connectivity index (χ3v) is 47.2. The van der Waals surface area contributed by atoms with Crippen molar-refractivity contribution in [3.05, 3.63) is 191 Å². The minimum absolute atomic E-state index is 0. The Morgan fingerprint density at radius 1 is 0.425 bits per heavy atom. The number of methoxy groups -OCH3 is 4. The molecule has 0 spiro atoms. The molecule has 1 saturated carbocycles. The quantitative estimate of drug-likeness (QED) is 0.00927. The molecular formula is C111H185O27P3Si5. The van der Waals surface area contributed by atoms with Crippen LogP contribution in [-0.4, -0.2) is 275 Å². The molecule has 1 aliphatic carbocycles. The molecule has 35 heteroatoms. The van der Waals surface area contributed by atoms with Crippen molar-refractivity contribution in [2.75, 3.05) is 129 Å². The molecule has 12 atom stereocenters. The summed E-state index contributed by atoms with van der Waals surface area (Å²) in [5.74, 6) is 2.28. The van der Waals surface area contributed by atoms with Crippen LogP contribution < -0.4 is 18.9 Å². The third-order valence-electron chi connectivity index (χ3n) is 26.6. The van der Waals surface area contributed by atoms with E-state index in [-0.39, 0.29) is 114 Å². The lowest BCUT2D eigenvalue weighted by Gasteiger charge is -2.42. The lowest BCUT2D eigenvalue weighted by molar-refractivity contribution is -0.315. The van der Waals surface area contributed by atoms with E-state index in [0.717, 1.165) is 82.1 Å². The number of aliphatic hydroxyl groups is 1. The molecule has 6 aromatic carbocycles. The Labute approximate surface area is 888 Å². The molecule has 3 heterocycles. The predicted molar refractivity (Wildman–Crippen MR) is 599 cm³/mol. The summed E-state index contributed by atoms with van der Waals surface area (Å²) in [6.45, 7) is 59.1. The molecule has 4 fully saturated rings. The summed E-state index contributed by atoms with van der Waals surface area (Å²) >= 11 is 0. The standard InChI is InChI=1S/C39H57O7PSi.C35H71O13PSi3.C35H49O6PSi.CH4O.CH4/c1-27(2)48(28(3)4,29(5)6)44-26-42-37-30(7)45-36(38(37)46-47(10)11)25-43-39(31-15-13-12-14-16-31,32-17-21-34(40-8)22-18-32)33-19-23-35(41-9)24-20-33;1-28-33(44-35(40-25-23-38-29(2)36)41-26-24-39-30(3)37)34(45-49(4)5)32(43-28)27-42-52(47-50(6,7)8,48-51(9,10)11)46-31-21-19-17-15-13-12-14-16-18-20-22-31;1-25-32(41-43(9,10)34(2,3)4)33(40-42(7)8)31(39-25)24-38-35(26-14-12-11-13-15-26,27-16-20-29(36-5)21-17-27)28-18-22-30(37-6)23-19-28;1-2;/h12-24,27-30,36-38H,25-26H2,1-11H3;28,31-35H,12-27H2,1-11H3;11-23,25,31-33H,24H2,1-10H3;2H,1H3;1H4/t30-,36+,37-,38+;28-,32+,33-,34+;25-,31+,32-,33+;;/m000../s1/i;;;2T;. The smallest absolute Gasteiger partial charge is 0.497 e. The van der Waals surface area contributed by atoms with E-state index >= 15 is 0 Å². The highest BCUT2D eigenvalue weighted by molar-refractivity contribution is 7.51. The first kappa shape index (κ1) is 128. The second-order valence-electron chi connectivity index (χ2n) is 42.5. The molecule has 0 bridgehead atoms. The highest BCUT2D eigenvalue weighted by Crippen LogP contribution is 2.50. The number of benzene rings is 6. The molecule has 0 amide bonds. The summed E-state index contributed by atoms with van der Waals surface area (Å²) in [4.78, 5) is 22.6. The first-order valence-corrected chi connectivity index (χ1v) is 71.7. The summed E-state index contributed by atoms with van der Waals surface area (Å²) in [6.07, 6.45) is 8.82. The second kappa shape index (κ2) is 62.6. The maximum atomic E-state index is 11.3. The molecule has 10 rings (SSSR count). The Balaban J connectivity index is 0.000000332. The largest absolute Gasteiger partial charge is 0.658 e. The highest BCUT2D eigenvalue weighted by Gasteiger charge is 2.58. The van der Waals surface area contributed by atoms with Crippen molar-refractivity contribution in [2.45, 2.75) is 346 Å². The van der Waals surface area contributed by atoms with Crippen LogP contribution in [0.4, 0.5) is 0 Å². The van der Waals surface area contributed by atoms with Gasteiger partial charge in [0, 0.05) is 45.4 Å². The predicted octanol–water partition coefficient (Wildman–Crippen LogP) is 25.3. The number of aliphatic hydroxyl groups excluding tert-OH is 1. The Morgan fingerprint density at radius 2 is 0.733 bits per heavy atom. The van der Waals surface area contributed by atoms with E-state index in [9.17, 15) is 9.59 Å². The van der Waals surface area contributed by atoms with E-state index in [4.69, 9.17) is 112 Å². The van der Waals surface area contributed by atoms with Gasteiger partial charge in [-0.2, -0.15) is 0 Å². The number of esters is 2. The fourth-order valence-corrected chi connectivity index (χ4v) is 36.4. The summed E-state index contributed by atoms with van der Waals surface area (Å²) in [6, 6.07) is 53.0. The Kier molecular flexibility index (Phi) is 54.8. The minimum atomic E-state index is -3.70. The first-order chi connectivity index (χ1) is 69.0. The lowest BCUT2D eigenvalue weighted by atomic mass is 9.80. The van der Waals surface area contributed by atoms with E-state index in [2.05, 4.69) is 233 Å². The van der Waals surface area contributed by atoms with E-state index in [1.807, 2.05) is 105 Å². The van der Waals surface area contributed by atoms with Gasteiger partial charge in [-0.3, -0.25) is 9.59 Å². The van der Waals surface area contributed by atoms with Crippen LogP contribution in [0.3, 0.4) is 0 Å². The van der Waals surface area contributed by atoms with Gasteiger partial charge >= 0.3 is 21.0 Å². The van der Waals surface area contributed by atoms with Gasteiger partial charge in [0.1, 0.15) is 109 Å². The number of carbonyl (C=O) groups is 2. The van der Waals surface area contributed by atoms with Crippen LogP contribution in [0.25, 0.3) is 0 Å². The van der Waals surface area contributed by atoms with Crippen molar-refractivity contribution < 1.29 is 125 Å². The number of ether oxygens (including phenoxy) is 15. The Hall–Kier alpha value is -4.93. The molecule has 6 aromatic rings.